The molecule has 90 valence electrons. The molecule has 0 aliphatic heterocycles. The van der Waals surface area contributed by atoms with Crippen molar-refractivity contribution in [3.05, 3.63) is 33.2 Å². The van der Waals surface area contributed by atoms with Gasteiger partial charge in [0, 0.05) is 5.75 Å². The molecule has 0 fully saturated rings. The lowest BCUT2D eigenvalue weighted by molar-refractivity contribution is 0.412. The molecular weight excluding hydrogens is 320 g/mol. The van der Waals surface area contributed by atoms with Crippen molar-refractivity contribution in [1.82, 2.24) is 10.2 Å². The average Bonchev–Trinajstić information content (AvgIpc) is 2.73. The summed E-state index contributed by atoms with van der Waals surface area (Å²) < 4.78 is 7.18. The lowest BCUT2D eigenvalue weighted by atomic mass is 10.2. The second-order valence-corrected chi connectivity index (χ2v) is 6.60. The van der Waals surface area contributed by atoms with Crippen LogP contribution in [0.5, 0.6) is 5.75 Å². The van der Waals surface area contributed by atoms with Crippen LogP contribution >= 0.6 is 39.0 Å². The maximum Gasteiger partial charge on any atom is 0.174 e. The van der Waals surface area contributed by atoms with Crippen LogP contribution in [0.4, 0.5) is 0 Å². The molecule has 1 aromatic heterocycles. The molecule has 6 heteroatoms. The molecule has 0 saturated heterocycles. The fourth-order valence-electron chi connectivity index (χ4n) is 1.28. The summed E-state index contributed by atoms with van der Waals surface area (Å²) in [6.07, 6.45) is 0. The maximum absolute atomic E-state index is 5.19. The molecular formula is C11H11BrN2OS2. The number of methoxy groups -OCH3 is 1. The van der Waals surface area contributed by atoms with Crippen molar-refractivity contribution < 1.29 is 4.74 Å². The van der Waals surface area contributed by atoms with Crippen molar-refractivity contribution in [3.8, 4) is 5.75 Å². The van der Waals surface area contributed by atoms with Gasteiger partial charge in [-0.05, 0) is 40.5 Å². The number of hydrogen-bond acceptors (Lipinski definition) is 5. The van der Waals surface area contributed by atoms with Crippen molar-refractivity contribution in [2.45, 2.75) is 17.0 Å². The van der Waals surface area contributed by atoms with Crippen LogP contribution in [-0.2, 0) is 5.75 Å². The largest absolute Gasteiger partial charge is 0.496 e. The van der Waals surface area contributed by atoms with E-state index in [1.165, 1.54) is 5.56 Å². The van der Waals surface area contributed by atoms with Crippen LogP contribution in [-0.4, -0.2) is 17.3 Å². The van der Waals surface area contributed by atoms with Crippen LogP contribution in [0.15, 0.2) is 27.0 Å². The Morgan fingerprint density at radius 1 is 1.41 bits per heavy atom. The van der Waals surface area contributed by atoms with Crippen LogP contribution in [0.1, 0.15) is 10.6 Å². The summed E-state index contributed by atoms with van der Waals surface area (Å²) in [5.41, 5.74) is 1.23. The van der Waals surface area contributed by atoms with Gasteiger partial charge < -0.3 is 4.74 Å². The summed E-state index contributed by atoms with van der Waals surface area (Å²) in [6.45, 7) is 1.96. The minimum Gasteiger partial charge on any atom is -0.496 e. The van der Waals surface area contributed by atoms with Gasteiger partial charge in [0.05, 0.1) is 11.6 Å². The first kappa shape index (κ1) is 12.9. The first-order valence-corrected chi connectivity index (χ1v) is 7.54. The molecule has 1 heterocycles. The SMILES string of the molecule is COc1ccc(CSc2nnc(C)s2)cc1Br. The number of aryl methyl sites for hydroxylation is 1. The molecule has 0 saturated carbocycles. The summed E-state index contributed by atoms with van der Waals surface area (Å²) in [5, 5.41) is 9.08. The van der Waals surface area contributed by atoms with Crippen LogP contribution in [0, 0.1) is 6.92 Å². The van der Waals surface area contributed by atoms with E-state index in [2.05, 4.69) is 38.3 Å². The molecule has 2 rings (SSSR count). The molecule has 0 atom stereocenters. The van der Waals surface area contributed by atoms with Gasteiger partial charge in [0.25, 0.3) is 0 Å². The zero-order chi connectivity index (χ0) is 12.3. The lowest BCUT2D eigenvalue weighted by Crippen LogP contribution is -1.86. The number of hydrogen-bond donors (Lipinski definition) is 0. The van der Waals surface area contributed by atoms with Crippen LogP contribution < -0.4 is 4.74 Å². The van der Waals surface area contributed by atoms with Crippen molar-refractivity contribution in [1.29, 1.82) is 0 Å². The third-order valence-electron chi connectivity index (χ3n) is 2.09. The summed E-state index contributed by atoms with van der Waals surface area (Å²) >= 11 is 6.80. The fraction of sp³-hybridized carbons (Fsp3) is 0.273. The first-order chi connectivity index (χ1) is 8.19. The highest BCUT2D eigenvalue weighted by Gasteiger charge is 2.04. The summed E-state index contributed by atoms with van der Waals surface area (Å²) in [6, 6.07) is 6.09. The zero-order valence-corrected chi connectivity index (χ0v) is 12.7. The highest BCUT2D eigenvalue weighted by atomic mass is 79.9. The molecule has 0 aliphatic rings. The summed E-state index contributed by atoms with van der Waals surface area (Å²) in [7, 11) is 1.67. The summed E-state index contributed by atoms with van der Waals surface area (Å²) in [5.74, 6) is 1.74. The lowest BCUT2D eigenvalue weighted by Gasteiger charge is -2.05. The van der Waals surface area contributed by atoms with Gasteiger partial charge in [-0.25, -0.2) is 0 Å². The Morgan fingerprint density at radius 2 is 2.24 bits per heavy atom. The number of aromatic nitrogens is 2. The number of ether oxygens (including phenoxy) is 1. The predicted octanol–water partition coefficient (Wildman–Crippen LogP) is 3.91. The molecule has 1 aromatic carbocycles. The quantitative estimate of drug-likeness (QED) is 0.796. The Bertz CT molecular complexity index is 516. The molecule has 0 aliphatic carbocycles. The van der Waals surface area contributed by atoms with Gasteiger partial charge in [0.1, 0.15) is 10.8 Å². The predicted molar refractivity (Wildman–Crippen MR) is 74.9 cm³/mol. The maximum atomic E-state index is 5.19. The average molecular weight is 331 g/mol. The Morgan fingerprint density at radius 3 is 2.82 bits per heavy atom. The van der Waals surface area contributed by atoms with E-state index >= 15 is 0 Å². The third-order valence-corrected chi connectivity index (χ3v) is 4.75. The monoisotopic (exact) mass is 330 g/mol. The first-order valence-electron chi connectivity index (χ1n) is 4.94. The number of rotatable bonds is 4. The topological polar surface area (TPSA) is 35.0 Å². The molecule has 0 unspecified atom stereocenters. The molecule has 0 bridgehead atoms. The second kappa shape index (κ2) is 5.84. The fourth-order valence-corrected chi connectivity index (χ4v) is 3.63. The Balaban J connectivity index is 2.02. The van der Waals surface area contributed by atoms with Gasteiger partial charge in [0.15, 0.2) is 4.34 Å². The molecule has 0 radical (unpaired) electrons. The number of benzene rings is 1. The van der Waals surface area contributed by atoms with Crippen LogP contribution in [0.3, 0.4) is 0 Å². The van der Waals surface area contributed by atoms with E-state index in [1.807, 2.05) is 13.0 Å². The highest BCUT2D eigenvalue weighted by molar-refractivity contribution is 9.10. The van der Waals surface area contributed by atoms with Crippen molar-refractivity contribution >= 4 is 39.0 Å². The number of halogens is 1. The Labute approximate surface area is 117 Å². The highest BCUT2D eigenvalue weighted by Crippen LogP contribution is 2.30. The van der Waals surface area contributed by atoms with E-state index < -0.39 is 0 Å². The second-order valence-electron chi connectivity index (χ2n) is 3.34. The Hall–Kier alpha value is -0.590. The zero-order valence-electron chi connectivity index (χ0n) is 9.44. The third kappa shape index (κ3) is 3.43. The molecule has 0 N–H and O–H groups in total. The van der Waals surface area contributed by atoms with Gasteiger partial charge >= 0.3 is 0 Å². The van der Waals surface area contributed by atoms with Gasteiger partial charge in [-0.1, -0.05) is 29.2 Å². The van der Waals surface area contributed by atoms with Crippen molar-refractivity contribution in [3.63, 3.8) is 0 Å². The summed E-state index contributed by atoms with van der Waals surface area (Å²) in [4.78, 5) is 0. The smallest absolute Gasteiger partial charge is 0.174 e. The normalized spacial score (nSPS) is 10.5. The van der Waals surface area contributed by atoms with Crippen LogP contribution in [0.2, 0.25) is 0 Å². The standard InChI is InChI=1S/C11H11BrN2OS2/c1-7-13-14-11(17-7)16-6-8-3-4-10(15-2)9(12)5-8/h3-5H,6H2,1-2H3. The van der Waals surface area contributed by atoms with E-state index in [4.69, 9.17) is 4.74 Å². The molecule has 0 amide bonds. The van der Waals surface area contributed by atoms with E-state index in [-0.39, 0.29) is 0 Å². The van der Waals surface area contributed by atoms with Gasteiger partial charge in [-0.3, -0.25) is 0 Å². The van der Waals surface area contributed by atoms with Crippen molar-refractivity contribution in [2.75, 3.05) is 7.11 Å². The van der Waals surface area contributed by atoms with E-state index in [0.29, 0.717) is 0 Å². The number of thioether (sulfide) groups is 1. The minimum atomic E-state index is 0.852. The van der Waals surface area contributed by atoms with E-state index in [0.717, 1.165) is 25.3 Å². The van der Waals surface area contributed by atoms with E-state index in [1.54, 1.807) is 30.2 Å². The van der Waals surface area contributed by atoms with E-state index in [9.17, 15) is 0 Å². The molecule has 2 aromatic rings. The van der Waals surface area contributed by atoms with Crippen LogP contribution in [0.25, 0.3) is 0 Å². The molecule has 3 nitrogen and oxygen atoms in total. The minimum absolute atomic E-state index is 0.852. The molecule has 0 spiro atoms. The Kier molecular flexibility index (Phi) is 4.42. The van der Waals surface area contributed by atoms with Gasteiger partial charge in [-0.2, -0.15) is 0 Å². The molecule has 17 heavy (non-hydrogen) atoms. The van der Waals surface area contributed by atoms with Gasteiger partial charge in [0.2, 0.25) is 0 Å². The number of nitrogens with zero attached hydrogens (tertiary/aromatic N) is 2. The van der Waals surface area contributed by atoms with Gasteiger partial charge in [-0.15, -0.1) is 10.2 Å². The van der Waals surface area contributed by atoms with Crippen molar-refractivity contribution in [2.24, 2.45) is 0 Å².